The van der Waals surface area contributed by atoms with Crippen molar-refractivity contribution in [3.63, 3.8) is 0 Å². The zero-order chi connectivity index (χ0) is 13.0. The van der Waals surface area contributed by atoms with Crippen molar-refractivity contribution >= 4 is 18.3 Å². The van der Waals surface area contributed by atoms with Crippen LogP contribution in [0.15, 0.2) is 24.3 Å². The summed E-state index contributed by atoms with van der Waals surface area (Å²) in [4.78, 5) is 2.29. The first-order chi connectivity index (χ1) is 8.69. The Morgan fingerprint density at radius 1 is 1.28 bits per heavy atom. The molecular formula is C15H20N2S. The molecule has 3 heteroatoms. The largest absolute Gasteiger partial charge is 0.374 e. The van der Waals surface area contributed by atoms with Crippen LogP contribution >= 0.6 is 12.6 Å². The second-order valence-corrected chi connectivity index (χ2v) is 5.70. The fourth-order valence-corrected chi connectivity index (χ4v) is 3.29. The van der Waals surface area contributed by atoms with Crippen molar-refractivity contribution in [2.45, 2.75) is 25.7 Å². The molecule has 2 rings (SSSR count). The van der Waals surface area contributed by atoms with Gasteiger partial charge in [0.05, 0.1) is 11.6 Å². The Labute approximate surface area is 115 Å². The van der Waals surface area contributed by atoms with E-state index in [1.165, 1.54) is 31.4 Å². The quantitative estimate of drug-likeness (QED) is 0.839. The zero-order valence-corrected chi connectivity index (χ0v) is 11.8. The third-order valence-corrected chi connectivity index (χ3v) is 4.68. The van der Waals surface area contributed by atoms with Crippen molar-refractivity contribution < 1.29 is 0 Å². The number of benzene rings is 1. The van der Waals surface area contributed by atoms with Gasteiger partial charge < -0.3 is 4.90 Å². The molecule has 1 saturated carbocycles. The highest BCUT2D eigenvalue weighted by Gasteiger charge is 2.33. The van der Waals surface area contributed by atoms with Gasteiger partial charge in [0.15, 0.2) is 0 Å². The van der Waals surface area contributed by atoms with Gasteiger partial charge >= 0.3 is 0 Å². The maximum Gasteiger partial charge on any atom is 0.0991 e. The summed E-state index contributed by atoms with van der Waals surface area (Å²) in [5.74, 6) is 0.966. The van der Waals surface area contributed by atoms with Gasteiger partial charge in [0.1, 0.15) is 0 Å². The van der Waals surface area contributed by atoms with E-state index in [4.69, 9.17) is 5.26 Å². The van der Waals surface area contributed by atoms with Crippen molar-refractivity contribution in [2.24, 2.45) is 5.41 Å². The SMILES string of the molecule is CN(CC1(CS)CCCC1)c1ccc(C#N)cc1. The van der Waals surface area contributed by atoms with Gasteiger partial charge in [0.25, 0.3) is 0 Å². The lowest BCUT2D eigenvalue weighted by molar-refractivity contribution is 0.354. The number of anilines is 1. The molecule has 0 aliphatic heterocycles. The molecule has 2 nitrogen and oxygen atoms in total. The first-order valence-corrected chi connectivity index (χ1v) is 7.14. The summed E-state index contributed by atoms with van der Waals surface area (Å²) in [5.41, 5.74) is 2.28. The third-order valence-electron chi connectivity index (χ3n) is 4.01. The Hall–Kier alpha value is -1.14. The molecule has 0 spiro atoms. The molecule has 18 heavy (non-hydrogen) atoms. The maximum absolute atomic E-state index is 8.80. The standard InChI is InChI=1S/C15H20N2S/c1-17(11-15(12-18)8-2-3-9-15)14-6-4-13(10-16)5-7-14/h4-7,18H,2-3,8-9,11-12H2,1H3. The minimum absolute atomic E-state index is 0.381. The van der Waals surface area contributed by atoms with Gasteiger partial charge in [0.2, 0.25) is 0 Å². The van der Waals surface area contributed by atoms with Gasteiger partial charge in [-0.05, 0) is 48.3 Å². The highest BCUT2D eigenvalue weighted by atomic mass is 32.1. The van der Waals surface area contributed by atoms with Crippen molar-refractivity contribution in [2.75, 3.05) is 24.2 Å². The summed E-state index contributed by atoms with van der Waals surface area (Å²) in [6.45, 7) is 1.06. The molecule has 96 valence electrons. The maximum atomic E-state index is 8.80. The number of nitrogens with zero attached hydrogens (tertiary/aromatic N) is 2. The Morgan fingerprint density at radius 3 is 2.39 bits per heavy atom. The van der Waals surface area contributed by atoms with Gasteiger partial charge in [0, 0.05) is 19.3 Å². The molecule has 1 aliphatic carbocycles. The van der Waals surface area contributed by atoms with Crippen LogP contribution in [-0.2, 0) is 0 Å². The smallest absolute Gasteiger partial charge is 0.0991 e. The monoisotopic (exact) mass is 260 g/mol. The molecule has 0 heterocycles. The molecule has 0 aromatic heterocycles. The summed E-state index contributed by atoms with van der Waals surface area (Å²) < 4.78 is 0. The summed E-state index contributed by atoms with van der Waals surface area (Å²) in [7, 11) is 2.13. The lowest BCUT2D eigenvalue weighted by atomic mass is 9.88. The number of hydrogen-bond donors (Lipinski definition) is 1. The molecular weight excluding hydrogens is 240 g/mol. The minimum atomic E-state index is 0.381. The van der Waals surface area contributed by atoms with Crippen molar-refractivity contribution in [1.29, 1.82) is 5.26 Å². The molecule has 0 unspecified atom stereocenters. The van der Waals surface area contributed by atoms with Crippen LogP contribution in [-0.4, -0.2) is 19.3 Å². The highest BCUT2D eigenvalue weighted by molar-refractivity contribution is 7.80. The first-order valence-electron chi connectivity index (χ1n) is 6.51. The molecule has 1 aliphatic rings. The van der Waals surface area contributed by atoms with Crippen LogP contribution in [0.4, 0.5) is 5.69 Å². The molecule has 0 saturated heterocycles. The molecule has 0 N–H and O–H groups in total. The molecule has 0 radical (unpaired) electrons. The predicted molar refractivity (Wildman–Crippen MR) is 79.2 cm³/mol. The van der Waals surface area contributed by atoms with E-state index >= 15 is 0 Å². The summed E-state index contributed by atoms with van der Waals surface area (Å²) >= 11 is 4.55. The topological polar surface area (TPSA) is 27.0 Å². The van der Waals surface area contributed by atoms with Crippen LogP contribution in [0.1, 0.15) is 31.2 Å². The van der Waals surface area contributed by atoms with E-state index in [9.17, 15) is 0 Å². The molecule has 0 atom stereocenters. The molecule has 1 fully saturated rings. The van der Waals surface area contributed by atoms with Gasteiger partial charge in [-0.2, -0.15) is 17.9 Å². The number of hydrogen-bond acceptors (Lipinski definition) is 3. The molecule has 1 aromatic rings. The van der Waals surface area contributed by atoms with Crippen LogP contribution in [0.25, 0.3) is 0 Å². The average Bonchev–Trinajstić information content (AvgIpc) is 2.88. The minimum Gasteiger partial charge on any atom is -0.374 e. The summed E-state index contributed by atoms with van der Waals surface area (Å²) in [6, 6.07) is 9.97. The molecule has 0 bridgehead atoms. The Bertz CT molecular complexity index is 427. The lowest BCUT2D eigenvalue weighted by Crippen LogP contribution is -2.35. The van der Waals surface area contributed by atoms with E-state index in [1.807, 2.05) is 24.3 Å². The number of thiol groups is 1. The van der Waals surface area contributed by atoms with Crippen molar-refractivity contribution in [3.05, 3.63) is 29.8 Å². The molecule has 1 aromatic carbocycles. The van der Waals surface area contributed by atoms with Crippen molar-refractivity contribution in [3.8, 4) is 6.07 Å². The Balaban J connectivity index is 2.06. The van der Waals surface area contributed by atoms with E-state index in [0.717, 1.165) is 17.9 Å². The van der Waals surface area contributed by atoms with Crippen LogP contribution in [0, 0.1) is 16.7 Å². The van der Waals surface area contributed by atoms with Crippen LogP contribution < -0.4 is 4.90 Å². The summed E-state index contributed by atoms with van der Waals surface area (Å²) in [6.07, 6.45) is 5.25. The Kier molecular flexibility index (Phi) is 4.19. The van der Waals surface area contributed by atoms with E-state index in [2.05, 4.69) is 30.6 Å². The van der Waals surface area contributed by atoms with Crippen LogP contribution in [0.3, 0.4) is 0 Å². The third kappa shape index (κ3) is 2.81. The Morgan fingerprint density at radius 2 is 1.89 bits per heavy atom. The van der Waals surface area contributed by atoms with Gasteiger partial charge in [-0.15, -0.1) is 0 Å². The number of rotatable bonds is 4. The van der Waals surface area contributed by atoms with Crippen LogP contribution in [0.5, 0.6) is 0 Å². The second kappa shape index (κ2) is 5.67. The van der Waals surface area contributed by atoms with Gasteiger partial charge in [-0.1, -0.05) is 12.8 Å². The lowest BCUT2D eigenvalue weighted by Gasteiger charge is -2.33. The van der Waals surface area contributed by atoms with Crippen molar-refractivity contribution in [1.82, 2.24) is 0 Å². The van der Waals surface area contributed by atoms with E-state index in [-0.39, 0.29) is 0 Å². The fraction of sp³-hybridized carbons (Fsp3) is 0.533. The normalized spacial score (nSPS) is 17.4. The van der Waals surface area contributed by atoms with Gasteiger partial charge in [-0.25, -0.2) is 0 Å². The average molecular weight is 260 g/mol. The fourth-order valence-electron chi connectivity index (χ4n) is 2.88. The predicted octanol–water partition coefficient (Wildman–Crippen LogP) is 3.48. The van der Waals surface area contributed by atoms with Crippen LogP contribution in [0.2, 0.25) is 0 Å². The van der Waals surface area contributed by atoms with E-state index < -0.39 is 0 Å². The zero-order valence-electron chi connectivity index (χ0n) is 10.9. The van der Waals surface area contributed by atoms with E-state index in [1.54, 1.807) is 0 Å². The summed E-state index contributed by atoms with van der Waals surface area (Å²) in [5, 5.41) is 8.80. The van der Waals surface area contributed by atoms with Gasteiger partial charge in [-0.3, -0.25) is 0 Å². The second-order valence-electron chi connectivity index (χ2n) is 5.38. The highest BCUT2D eigenvalue weighted by Crippen LogP contribution is 2.40. The molecule has 0 amide bonds. The van der Waals surface area contributed by atoms with E-state index in [0.29, 0.717) is 5.41 Å². The number of nitriles is 1. The first kappa shape index (κ1) is 13.3.